The Morgan fingerprint density at radius 2 is 1.94 bits per heavy atom. The number of benzene rings is 1. The van der Waals surface area contributed by atoms with Gasteiger partial charge in [0, 0.05) is 24.8 Å². The lowest BCUT2D eigenvalue weighted by Crippen LogP contribution is -2.26. The van der Waals surface area contributed by atoms with Gasteiger partial charge in [-0.2, -0.15) is 0 Å². The maximum Gasteiger partial charge on any atom is 0.0369 e. The van der Waals surface area contributed by atoms with Gasteiger partial charge in [0.1, 0.15) is 0 Å². The molecule has 0 bridgehead atoms. The monoisotopic (exact) mass is 244 g/mol. The van der Waals surface area contributed by atoms with E-state index in [-0.39, 0.29) is 6.04 Å². The van der Waals surface area contributed by atoms with Crippen LogP contribution in [0.3, 0.4) is 0 Å². The number of nitrogens with zero attached hydrogens (tertiary/aromatic N) is 1. The third kappa shape index (κ3) is 1.74. The Hall–Kier alpha value is -1.02. The van der Waals surface area contributed by atoms with Gasteiger partial charge in [0.05, 0.1) is 0 Å². The smallest absolute Gasteiger partial charge is 0.0369 e. The largest absolute Gasteiger partial charge is 0.372 e. The molecule has 1 aromatic carbocycles. The SMILES string of the molecule is CCN(CC)c1ccc2c(c1)C1(CCC2N)CC1. The van der Waals surface area contributed by atoms with Crippen LogP contribution in [0.25, 0.3) is 0 Å². The van der Waals surface area contributed by atoms with Crippen LogP contribution in [-0.4, -0.2) is 13.1 Å². The molecule has 1 saturated carbocycles. The van der Waals surface area contributed by atoms with Crippen molar-refractivity contribution in [3.05, 3.63) is 29.3 Å². The molecule has 2 aliphatic carbocycles. The second-order valence-corrected chi connectivity index (χ2v) is 5.87. The van der Waals surface area contributed by atoms with Gasteiger partial charge in [0.25, 0.3) is 0 Å². The maximum absolute atomic E-state index is 6.27. The van der Waals surface area contributed by atoms with Crippen LogP contribution < -0.4 is 10.6 Å². The highest BCUT2D eigenvalue weighted by atomic mass is 15.1. The first-order valence-electron chi connectivity index (χ1n) is 7.35. The minimum Gasteiger partial charge on any atom is -0.372 e. The molecule has 18 heavy (non-hydrogen) atoms. The molecule has 3 rings (SSSR count). The summed E-state index contributed by atoms with van der Waals surface area (Å²) in [6.07, 6.45) is 5.20. The third-order valence-electron chi connectivity index (χ3n) is 4.92. The van der Waals surface area contributed by atoms with Gasteiger partial charge >= 0.3 is 0 Å². The normalized spacial score (nSPS) is 23.8. The van der Waals surface area contributed by atoms with Crippen LogP contribution in [0, 0.1) is 0 Å². The predicted molar refractivity (Wildman–Crippen MR) is 77.1 cm³/mol. The summed E-state index contributed by atoms with van der Waals surface area (Å²) in [4.78, 5) is 2.43. The van der Waals surface area contributed by atoms with E-state index < -0.39 is 0 Å². The number of fused-ring (bicyclic) bond motifs is 2. The van der Waals surface area contributed by atoms with Crippen LogP contribution in [0.15, 0.2) is 18.2 Å². The Morgan fingerprint density at radius 3 is 2.56 bits per heavy atom. The predicted octanol–water partition coefficient (Wildman–Crippen LogP) is 3.36. The molecule has 0 aliphatic heterocycles. The Bertz CT molecular complexity index is 444. The summed E-state index contributed by atoms with van der Waals surface area (Å²) in [6, 6.07) is 7.23. The average molecular weight is 244 g/mol. The van der Waals surface area contributed by atoms with E-state index in [0.717, 1.165) is 19.5 Å². The molecule has 2 aliphatic rings. The summed E-state index contributed by atoms with van der Waals surface area (Å²) in [5.41, 5.74) is 11.1. The lowest BCUT2D eigenvalue weighted by Gasteiger charge is -2.32. The summed E-state index contributed by atoms with van der Waals surface area (Å²) in [6.45, 7) is 6.60. The van der Waals surface area contributed by atoms with Crippen LogP contribution in [0.4, 0.5) is 5.69 Å². The minimum atomic E-state index is 0.261. The quantitative estimate of drug-likeness (QED) is 0.883. The van der Waals surface area contributed by atoms with Gasteiger partial charge in [0.15, 0.2) is 0 Å². The molecule has 2 N–H and O–H groups in total. The van der Waals surface area contributed by atoms with E-state index in [1.807, 2.05) is 0 Å². The molecule has 1 atom stereocenters. The molecule has 0 heterocycles. The van der Waals surface area contributed by atoms with Crippen molar-refractivity contribution >= 4 is 5.69 Å². The van der Waals surface area contributed by atoms with Crippen molar-refractivity contribution in [1.82, 2.24) is 0 Å². The number of anilines is 1. The van der Waals surface area contributed by atoms with E-state index in [2.05, 4.69) is 36.9 Å². The highest BCUT2D eigenvalue weighted by Crippen LogP contribution is 2.57. The zero-order valence-corrected chi connectivity index (χ0v) is 11.6. The van der Waals surface area contributed by atoms with Gasteiger partial charge in [-0.15, -0.1) is 0 Å². The molecular weight excluding hydrogens is 220 g/mol. The molecule has 0 radical (unpaired) electrons. The Kier molecular flexibility index (Phi) is 2.86. The van der Waals surface area contributed by atoms with E-state index >= 15 is 0 Å². The molecule has 1 aromatic rings. The van der Waals surface area contributed by atoms with E-state index in [4.69, 9.17) is 5.73 Å². The molecule has 0 aromatic heterocycles. The van der Waals surface area contributed by atoms with Gasteiger partial charge in [-0.1, -0.05) is 6.07 Å². The zero-order valence-electron chi connectivity index (χ0n) is 11.6. The fourth-order valence-electron chi connectivity index (χ4n) is 3.50. The topological polar surface area (TPSA) is 29.3 Å². The number of rotatable bonds is 3. The standard InChI is InChI=1S/C16H24N2/c1-3-18(4-2)12-5-6-13-14(11-12)16(9-10-16)8-7-15(13)17/h5-6,11,15H,3-4,7-10,17H2,1-2H3. The zero-order chi connectivity index (χ0) is 12.8. The summed E-state index contributed by atoms with van der Waals surface area (Å²) in [7, 11) is 0. The Labute approximate surface area is 110 Å². The molecule has 0 saturated heterocycles. The Morgan fingerprint density at radius 1 is 1.22 bits per heavy atom. The van der Waals surface area contributed by atoms with Crippen molar-refractivity contribution in [2.75, 3.05) is 18.0 Å². The molecule has 0 amide bonds. The van der Waals surface area contributed by atoms with Crippen molar-refractivity contribution in [3.8, 4) is 0 Å². The molecule has 2 heteroatoms. The lowest BCUT2D eigenvalue weighted by molar-refractivity contribution is 0.479. The number of hydrogen-bond donors (Lipinski definition) is 1. The fraction of sp³-hybridized carbons (Fsp3) is 0.625. The minimum absolute atomic E-state index is 0.261. The van der Waals surface area contributed by atoms with E-state index in [0.29, 0.717) is 5.41 Å². The van der Waals surface area contributed by atoms with Gasteiger partial charge in [0.2, 0.25) is 0 Å². The average Bonchev–Trinajstić information content (AvgIpc) is 3.17. The van der Waals surface area contributed by atoms with E-state index in [1.54, 1.807) is 5.56 Å². The first-order chi connectivity index (χ1) is 8.70. The molecule has 2 nitrogen and oxygen atoms in total. The highest BCUT2D eigenvalue weighted by Gasteiger charge is 2.48. The van der Waals surface area contributed by atoms with E-state index in [9.17, 15) is 0 Å². The van der Waals surface area contributed by atoms with E-state index in [1.165, 1.54) is 30.5 Å². The summed E-state index contributed by atoms with van der Waals surface area (Å²) < 4.78 is 0. The van der Waals surface area contributed by atoms with Crippen LogP contribution in [-0.2, 0) is 5.41 Å². The Balaban J connectivity index is 2.03. The molecule has 1 spiro atoms. The fourth-order valence-corrected chi connectivity index (χ4v) is 3.50. The van der Waals surface area contributed by atoms with Crippen molar-refractivity contribution in [2.24, 2.45) is 5.73 Å². The maximum atomic E-state index is 6.27. The second-order valence-electron chi connectivity index (χ2n) is 5.87. The first kappa shape index (κ1) is 12.0. The number of hydrogen-bond acceptors (Lipinski definition) is 2. The van der Waals surface area contributed by atoms with Crippen molar-refractivity contribution < 1.29 is 0 Å². The van der Waals surface area contributed by atoms with Crippen molar-refractivity contribution in [3.63, 3.8) is 0 Å². The van der Waals surface area contributed by atoms with Crippen LogP contribution in [0.5, 0.6) is 0 Å². The van der Waals surface area contributed by atoms with Gasteiger partial charge in [-0.05, 0) is 68.2 Å². The molecular formula is C16H24N2. The van der Waals surface area contributed by atoms with Crippen LogP contribution >= 0.6 is 0 Å². The molecule has 1 unspecified atom stereocenters. The van der Waals surface area contributed by atoms with Gasteiger partial charge < -0.3 is 10.6 Å². The lowest BCUT2D eigenvalue weighted by atomic mass is 9.77. The third-order valence-corrected chi connectivity index (χ3v) is 4.92. The second kappa shape index (κ2) is 4.27. The van der Waals surface area contributed by atoms with Crippen molar-refractivity contribution in [2.45, 2.75) is 51.0 Å². The summed E-state index contributed by atoms with van der Waals surface area (Å²) in [5, 5.41) is 0. The summed E-state index contributed by atoms with van der Waals surface area (Å²) >= 11 is 0. The van der Waals surface area contributed by atoms with Crippen molar-refractivity contribution in [1.29, 1.82) is 0 Å². The number of nitrogens with two attached hydrogens (primary N) is 1. The van der Waals surface area contributed by atoms with Gasteiger partial charge in [-0.25, -0.2) is 0 Å². The van der Waals surface area contributed by atoms with Crippen LogP contribution in [0.1, 0.15) is 56.7 Å². The highest BCUT2D eigenvalue weighted by molar-refractivity contribution is 5.56. The molecule has 1 fully saturated rings. The van der Waals surface area contributed by atoms with Gasteiger partial charge in [-0.3, -0.25) is 0 Å². The van der Waals surface area contributed by atoms with Crippen LogP contribution in [0.2, 0.25) is 0 Å². The first-order valence-corrected chi connectivity index (χ1v) is 7.35. The molecule has 98 valence electrons. The summed E-state index contributed by atoms with van der Waals surface area (Å²) in [5.74, 6) is 0.